The van der Waals surface area contributed by atoms with Crippen LogP contribution in [0.5, 0.6) is 11.5 Å². The molecule has 3 aromatic carbocycles. The Morgan fingerprint density at radius 2 is 1.57 bits per heavy atom. The predicted octanol–water partition coefficient (Wildman–Crippen LogP) is 4.67. The van der Waals surface area contributed by atoms with Crippen molar-refractivity contribution in [3.63, 3.8) is 0 Å². The van der Waals surface area contributed by atoms with Crippen LogP contribution in [0, 0.1) is 0 Å². The number of hydrogen-bond acceptors (Lipinski definition) is 3. The lowest BCUT2D eigenvalue weighted by Crippen LogP contribution is -2.30. The highest BCUT2D eigenvalue weighted by atomic mass is 79.9. The molecule has 1 amide bonds. The molecular weight excluding hydrogens is 418 g/mol. The number of carbonyl (C=O) groups is 1. The van der Waals surface area contributed by atoms with Crippen LogP contribution in [-0.4, -0.2) is 19.1 Å². The first-order valence-electron chi connectivity index (χ1n) is 9.17. The Balaban J connectivity index is 1.53. The molecule has 0 saturated carbocycles. The number of nitrogens with one attached hydrogen (secondary N) is 1. The summed E-state index contributed by atoms with van der Waals surface area (Å²) >= 11 is 3.47. The van der Waals surface area contributed by atoms with Crippen molar-refractivity contribution in [1.82, 2.24) is 5.32 Å². The van der Waals surface area contributed by atoms with E-state index in [1.807, 2.05) is 72.8 Å². The van der Waals surface area contributed by atoms with Crippen LogP contribution in [0.1, 0.15) is 22.7 Å². The quantitative estimate of drug-likeness (QED) is 0.630. The third kappa shape index (κ3) is 4.37. The molecule has 1 atom stereocenters. The fraction of sp³-hybridized carbons (Fsp3) is 0.174. The molecule has 1 aliphatic rings. The predicted molar refractivity (Wildman–Crippen MR) is 112 cm³/mol. The summed E-state index contributed by atoms with van der Waals surface area (Å²) in [5.41, 5.74) is 2.97. The van der Waals surface area contributed by atoms with Gasteiger partial charge in [-0.05, 0) is 41.0 Å². The van der Waals surface area contributed by atoms with Crippen LogP contribution < -0.4 is 14.8 Å². The van der Waals surface area contributed by atoms with E-state index in [0.29, 0.717) is 19.0 Å². The zero-order valence-electron chi connectivity index (χ0n) is 15.2. The van der Waals surface area contributed by atoms with Crippen LogP contribution in [0.25, 0.3) is 0 Å². The van der Waals surface area contributed by atoms with Gasteiger partial charge in [0.25, 0.3) is 0 Å². The number of rotatable bonds is 5. The van der Waals surface area contributed by atoms with Gasteiger partial charge in [-0.1, -0.05) is 64.5 Å². The molecule has 1 N–H and O–H groups in total. The highest BCUT2D eigenvalue weighted by Gasteiger charge is 2.18. The zero-order valence-corrected chi connectivity index (χ0v) is 16.8. The second-order valence-corrected chi connectivity index (χ2v) is 7.53. The number of hydrogen-bond donors (Lipinski definition) is 1. The Bertz CT molecular complexity index is 957. The summed E-state index contributed by atoms with van der Waals surface area (Å²) in [7, 11) is 0. The van der Waals surface area contributed by atoms with Gasteiger partial charge < -0.3 is 14.8 Å². The molecule has 0 radical (unpaired) electrons. The first-order valence-corrected chi connectivity index (χ1v) is 9.96. The van der Waals surface area contributed by atoms with E-state index in [0.717, 1.165) is 26.9 Å². The van der Waals surface area contributed by atoms with Crippen LogP contribution in [0.3, 0.4) is 0 Å². The second-order valence-electron chi connectivity index (χ2n) is 6.62. The molecule has 3 aromatic rings. The van der Waals surface area contributed by atoms with Crippen molar-refractivity contribution < 1.29 is 14.3 Å². The van der Waals surface area contributed by atoms with E-state index in [1.165, 1.54) is 0 Å². The Morgan fingerprint density at radius 3 is 2.32 bits per heavy atom. The third-order valence-electron chi connectivity index (χ3n) is 4.61. The minimum Gasteiger partial charge on any atom is -0.486 e. The molecule has 28 heavy (non-hydrogen) atoms. The van der Waals surface area contributed by atoms with Crippen LogP contribution in [0.2, 0.25) is 0 Å². The van der Waals surface area contributed by atoms with Gasteiger partial charge in [0.05, 0.1) is 12.5 Å². The molecule has 5 heteroatoms. The Hall–Kier alpha value is -2.79. The minimum absolute atomic E-state index is 0.0477. The van der Waals surface area contributed by atoms with Crippen molar-refractivity contribution in [3.05, 3.63) is 94.0 Å². The molecule has 0 spiro atoms. The van der Waals surface area contributed by atoms with E-state index in [1.54, 1.807) is 0 Å². The van der Waals surface area contributed by atoms with Gasteiger partial charge in [-0.25, -0.2) is 0 Å². The Morgan fingerprint density at radius 1 is 0.893 bits per heavy atom. The van der Waals surface area contributed by atoms with Crippen LogP contribution in [0.4, 0.5) is 0 Å². The lowest BCUT2D eigenvalue weighted by atomic mass is 9.98. The molecule has 1 aliphatic heterocycles. The maximum atomic E-state index is 12.8. The van der Waals surface area contributed by atoms with E-state index in [4.69, 9.17) is 9.47 Å². The third-order valence-corrected chi connectivity index (χ3v) is 5.14. The summed E-state index contributed by atoms with van der Waals surface area (Å²) in [5, 5.41) is 3.17. The summed E-state index contributed by atoms with van der Waals surface area (Å²) in [5.74, 6) is 1.38. The molecule has 142 valence electrons. The van der Waals surface area contributed by atoms with Gasteiger partial charge in [0.1, 0.15) is 13.2 Å². The van der Waals surface area contributed by atoms with Gasteiger partial charge in [0, 0.05) is 4.47 Å². The van der Waals surface area contributed by atoms with E-state index < -0.39 is 0 Å². The zero-order chi connectivity index (χ0) is 19.3. The van der Waals surface area contributed by atoms with Gasteiger partial charge in [0.15, 0.2) is 11.5 Å². The lowest BCUT2D eigenvalue weighted by molar-refractivity contribution is -0.120. The average Bonchev–Trinajstić information content (AvgIpc) is 2.73. The highest BCUT2D eigenvalue weighted by Crippen LogP contribution is 2.31. The SMILES string of the molecule is O=C(Cc1ccc2c(c1)OCCO2)NC(c1ccccc1)c1ccc(Br)cc1. The molecular formula is C23H20BrNO3. The fourth-order valence-corrected chi connectivity index (χ4v) is 3.52. The largest absolute Gasteiger partial charge is 0.486 e. The van der Waals surface area contributed by atoms with Crippen molar-refractivity contribution in [1.29, 1.82) is 0 Å². The van der Waals surface area contributed by atoms with Gasteiger partial charge >= 0.3 is 0 Å². The Labute approximate surface area is 172 Å². The average molecular weight is 438 g/mol. The number of fused-ring (bicyclic) bond motifs is 1. The molecule has 4 rings (SSSR count). The number of halogens is 1. The normalized spacial score (nSPS) is 13.6. The molecule has 0 bridgehead atoms. The van der Waals surface area contributed by atoms with Crippen molar-refractivity contribution in [2.75, 3.05) is 13.2 Å². The van der Waals surface area contributed by atoms with E-state index in [-0.39, 0.29) is 18.4 Å². The molecule has 1 heterocycles. The van der Waals surface area contributed by atoms with Crippen LogP contribution >= 0.6 is 15.9 Å². The molecule has 0 aromatic heterocycles. The van der Waals surface area contributed by atoms with Crippen molar-refractivity contribution in [2.24, 2.45) is 0 Å². The molecule has 0 aliphatic carbocycles. The summed E-state index contributed by atoms with van der Waals surface area (Å²) in [6, 6.07) is 23.4. The molecule has 1 unspecified atom stereocenters. The first-order chi connectivity index (χ1) is 13.7. The van der Waals surface area contributed by atoms with Crippen molar-refractivity contribution >= 4 is 21.8 Å². The summed E-state index contributed by atoms with van der Waals surface area (Å²) in [6.07, 6.45) is 0.274. The van der Waals surface area contributed by atoms with Crippen LogP contribution in [-0.2, 0) is 11.2 Å². The maximum absolute atomic E-state index is 12.8. The van der Waals surface area contributed by atoms with Gasteiger partial charge in [-0.15, -0.1) is 0 Å². The van der Waals surface area contributed by atoms with Gasteiger partial charge in [-0.3, -0.25) is 4.79 Å². The van der Waals surface area contributed by atoms with E-state index >= 15 is 0 Å². The Kier molecular flexibility index (Phi) is 5.63. The van der Waals surface area contributed by atoms with Gasteiger partial charge in [0.2, 0.25) is 5.91 Å². The standard InChI is InChI=1S/C23H20BrNO3/c24-19-9-7-18(8-10-19)23(17-4-2-1-3-5-17)25-22(26)15-16-6-11-20-21(14-16)28-13-12-27-20/h1-11,14,23H,12-13,15H2,(H,25,26). The summed E-state index contributed by atoms with van der Waals surface area (Å²) in [4.78, 5) is 12.8. The fourth-order valence-electron chi connectivity index (χ4n) is 3.25. The monoisotopic (exact) mass is 437 g/mol. The molecule has 4 nitrogen and oxygen atoms in total. The second kappa shape index (κ2) is 8.48. The smallest absolute Gasteiger partial charge is 0.225 e. The van der Waals surface area contributed by atoms with E-state index in [2.05, 4.69) is 21.2 Å². The highest BCUT2D eigenvalue weighted by molar-refractivity contribution is 9.10. The molecule has 0 fully saturated rings. The topological polar surface area (TPSA) is 47.6 Å². The number of carbonyl (C=O) groups excluding carboxylic acids is 1. The van der Waals surface area contributed by atoms with Crippen LogP contribution in [0.15, 0.2) is 77.3 Å². The minimum atomic E-state index is -0.209. The lowest BCUT2D eigenvalue weighted by Gasteiger charge is -2.21. The maximum Gasteiger partial charge on any atom is 0.225 e. The summed E-state index contributed by atoms with van der Waals surface area (Å²) < 4.78 is 12.2. The van der Waals surface area contributed by atoms with Crippen molar-refractivity contribution in [2.45, 2.75) is 12.5 Å². The van der Waals surface area contributed by atoms with Gasteiger partial charge in [-0.2, -0.15) is 0 Å². The van der Waals surface area contributed by atoms with Crippen molar-refractivity contribution in [3.8, 4) is 11.5 Å². The summed E-state index contributed by atoms with van der Waals surface area (Å²) in [6.45, 7) is 1.08. The number of benzene rings is 3. The first kappa shape index (κ1) is 18.6. The number of ether oxygens (including phenoxy) is 2. The molecule has 0 saturated heterocycles. The van der Waals surface area contributed by atoms with E-state index in [9.17, 15) is 4.79 Å². The number of amides is 1.